The molecule has 2 N–H and O–H groups in total. The van der Waals surface area contributed by atoms with Gasteiger partial charge in [-0.15, -0.1) is 5.10 Å². The predicted molar refractivity (Wildman–Crippen MR) is 41.6 cm³/mol. The van der Waals surface area contributed by atoms with E-state index in [1.54, 1.807) is 6.92 Å². The number of aliphatic hydroxyl groups excluding tert-OH is 1. The molecule has 1 heterocycles. The first-order valence-electron chi connectivity index (χ1n) is 3.97. The number of rotatable bonds is 3. The van der Waals surface area contributed by atoms with Crippen molar-refractivity contribution >= 4 is 6.01 Å². The van der Waals surface area contributed by atoms with Crippen LogP contribution in [0, 0.1) is 12.8 Å². The van der Waals surface area contributed by atoms with Crippen LogP contribution in [0.5, 0.6) is 0 Å². The fourth-order valence-corrected chi connectivity index (χ4v) is 1.14. The highest BCUT2D eigenvalue weighted by Crippen LogP contribution is 2.32. The minimum absolute atomic E-state index is 0.227. The van der Waals surface area contributed by atoms with E-state index in [4.69, 9.17) is 9.52 Å². The second-order valence-electron chi connectivity index (χ2n) is 3.06. The maximum atomic E-state index is 8.75. The summed E-state index contributed by atoms with van der Waals surface area (Å²) in [6, 6.07) is 0.767. The van der Waals surface area contributed by atoms with Crippen molar-refractivity contribution in [2.45, 2.75) is 19.4 Å². The van der Waals surface area contributed by atoms with E-state index in [9.17, 15) is 0 Å². The lowest BCUT2D eigenvalue weighted by Gasteiger charge is -1.96. The lowest BCUT2D eigenvalue weighted by molar-refractivity contribution is 0.275. The van der Waals surface area contributed by atoms with Crippen LogP contribution >= 0.6 is 0 Å². The van der Waals surface area contributed by atoms with Crippen LogP contribution in [-0.2, 0) is 0 Å². The largest absolute Gasteiger partial charge is 0.408 e. The van der Waals surface area contributed by atoms with E-state index in [2.05, 4.69) is 15.5 Å². The Labute approximate surface area is 69.8 Å². The average Bonchev–Trinajstić information content (AvgIpc) is 2.67. The summed E-state index contributed by atoms with van der Waals surface area (Å²) < 4.78 is 5.11. The molecule has 1 saturated carbocycles. The number of anilines is 1. The van der Waals surface area contributed by atoms with Gasteiger partial charge in [-0.3, -0.25) is 0 Å². The third-order valence-corrected chi connectivity index (χ3v) is 1.99. The van der Waals surface area contributed by atoms with Gasteiger partial charge in [0.15, 0.2) is 0 Å². The Morgan fingerprint density at radius 2 is 2.50 bits per heavy atom. The van der Waals surface area contributed by atoms with E-state index in [-0.39, 0.29) is 6.61 Å². The third kappa shape index (κ3) is 1.40. The molecule has 1 fully saturated rings. The van der Waals surface area contributed by atoms with Gasteiger partial charge in [0.25, 0.3) is 0 Å². The molecular weight excluding hydrogens is 158 g/mol. The van der Waals surface area contributed by atoms with Gasteiger partial charge in [-0.1, -0.05) is 5.10 Å². The number of nitrogens with one attached hydrogen (secondary N) is 1. The van der Waals surface area contributed by atoms with Crippen LogP contribution in [0.3, 0.4) is 0 Å². The second-order valence-corrected chi connectivity index (χ2v) is 3.06. The van der Waals surface area contributed by atoms with E-state index in [0.717, 1.165) is 6.42 Å². The van der Waals surface area contributed by atoms with Crippen molar-refractivity contribution in [2.75, 3.05) is 11.9 Å². The molecule has 1 aliphatic rings. The highest BCUT2D eigenvalue weighted by molar-refractivity contribution is 5.24. The van der Waals surface area contributed by atoms with E-state index in [1.807, 2.05) is 0 Å². The van der Waals surface area contributed by atoms with Gasteiger partial charge in [-0.05, 0) is 6.42 Å². The van der Waals surface area contributed by atoms with Crippen LogP contribution in [0.15, 0.2) is 4.42 Å². The molecule has 66 valence electrons. The lowest BCUT2D eigenvalue weighted by Crippen LogP contribution is -2.06. The van der Waals surface area contributed by atoms with Crippen LogP contribution in [0.25, 0.3) is 0 Å². The van der Waals surface area contributed by atoms with Gasteiger partial charge in [0.05, 0.1) is 0 Å². The van der Waals surface area contributed by atoms with Crippen molar-refractivity contribution in [2.24, 2.45) is 5.92 Å². The summed E-state index contributed by atoms with van der Waals surface area (Å²) in [7, 11) is 0. The number of aryl methyl sites for hydroxylation is 1. The molecule has 2 atom stereocenters. The Balaban J connectivity index is 1.89. The molecule has 0 unspecified atom stereocenters. The van der Waals surface area contributed by atoms with Crippen LogP contribution in [0.1, 0.15) is 12.3 Å². The van der Waals surface area contributed by atoms with Crippen molar-refractivity contribution in [3.63, 3.8) is 0 Å². The molecule has 2 rings (SSSR count). The smallest absolute Gasteiger partial charge is 0.315 e. The summed E-state index contributed by atoms with van der Waals surface area (Å²) in [4.78, 5) is 0. The maximum absolute atomic E-state index is 8.75. The van der Waals surface area contributed by atoms with Crippen molar-refractivity contribution in [1.29, 1.82) is 0 Å². The Morgan fingerprint density at radius 3 is 3.00 bits per heavy atom. The SMILES string of the molecule is Cc1nnc(N[C@@H]2C[C@H]2CO)o1. The van der Waals surface area contributed by atoms with Gasteiger partial charge in [0, 0.05) is 25.5 Å². The molecule has 1 aromatic heterocycles. The summed E-state index contributed by atoms with van der Waals surface area (Å²) in [5.74, 6) is 0.913. The molecule has 0 radical (unpaired) electrons. The molecular formula is C7H11N3O2. The molecule has 0 aliphatic heterocycles. The zero-order chi connectivity index (χ0) is 8.55. The molecule has 5 heteroatoms. The minimum atomic E-state index is 0.227. The molecule has 1 aliphatic carbocycles. The standard InChI is InChI=1S/C7H11N3O2/c1-4-9-10-7(12-4)8-6-2-5(6)3-11/h5-6,11H,2-3H2,1H3,(H,8,10)/t5-,6+/m0/s1. The highest BCUT2D eigenvalue weighted by atomic mass is 16.4. The summed E-state index contributed by atoms with van der Waals surface area (Å²) in [6.45, 7) is 1.97. The Bertz CT molecular complexity index is 273. The van der Waals surface area contributed by atoms with Gasteiger partial charge in [0.1, 0.15) is 0 Å². The van der Waals surface area contributed by atoms with E-state index < -0.39 is 0 Å². The fourth-order valence-electron chi connectivity index (χ4n) is 1.14. The first-order chi connectivity index (χ1) is 5.79. The van der Waals surface area contributed by atoms with Gasteiger partial charge >= 0.3 is 6.01 Å². The zero-order valence-corrected chi connectivity index (χ0v) is 6.82. The maximum Gasteiger partial charge on any atom is 0.315 e. The normalized spacial score (nSPS) is 27.2. The van der Waals surface area contributed by atoms with Gasteiger partial charge in [0.2, 0.25) is 5.89 Å². The van der Waals surface area contributed by atoms with Gasteiger partial charge in [-0.2, -0.15) is 0 Å². The summed E-state index contributed by atoms with van der Waals surface area (Å²) >= 11 is 0. The predicted octanol–water partition coefficient (Wildman–Crippen LogP) is 0.171. The quantitative estimate of drug-likeness (QED) is 0.675. The zero-order valence-electron chi connectivity index (χ0n) is 6.82. The van der Waals surface area contributed by atoms with E-state index in [1.165, 1.54) is 0 Å². The van der Waals surface area contributed by atoms with Gasteiger partial charge in [-0.25, -0.2) is 0 Å². The molecule has 0 amide bonds. The second kappa shape index (κ2) is 2.75. The minimum Gasteiger partial charge on any atom is -0.408 e. The van der Waals surface area contributed by atoms with Crippen LogP contribution in [-0.4, -0.2) is 28.0 Å². The van der Waals surface area contributed by atoms with Crippen molar-refractivity contribution in [3.8, 4) is 0 Å². The van der Waals surface area contributed by atoms with Crippen LogP contribution in [0.4, 0.5) is 6.01 Å². The Kier molecular flexibility index (Phi) is 1.73. The molecule has 0 aromatic carbocycles. The first kappa shape index (κ1) is 7.54. The first-order valence-corrected chi connectivity index (χ1v) is 3.97. The Hall–Kier alpha value is -1.10. The molecule has 0 saturated heterocycles. The number of aliphatic hydroxyl groups is 1. The topological polar surface area (TPSA) is 71.2 Å². The third-order valence-electron chi connectivity index (χ3n) is 1.99. The highest BCUT2D eigenvalue weighted by Gasteiger charge is 2.37. The fraction of sp³-hybridized carbons (Fsp3) is 0.714. The molecule has 1 aromatic rings. The van der Waals surface area contributed by atoms with E-state index in [0.29, 0.717) is 23.9 Å². The summed E-state index contributed by atoms with van der Waals surface area (Å²) in [6.07, 6.45) is 0.984. The van der Waals surface area contributed by atoms with Crippen molar-refractivity contribution in [1.82, 2.24) is 10.2 Å². The molecule has 0 spiro atoms. The number of nitrogens with zero attached hydrogens (tertiary/aromatic N) is 2. The number of hydrogen-bond acceptors (Lipinski definition) is 5. The number of aromatic nitrogens is 2. The molecule has 12 heavy (non-hydrogen) atoms. The van der Waals surface area contributed by atoms with Crippen LogP contribution < -0.4 is 5.32 Å². The lowest BCUT2D eigenvalue weighted by atomic mass is 10.4. The summed E-state index contributed by atoms with van der Waals surface area (Å²) in [5, 5.41) is 19.3. The van der Waals surface area contributed by atoms with Crippen molar-refractivity contribution < 1.29 is 9.52 Å². The average molecular weight is 169 g/mol. The Morgan fingerprint density at radius 1 is 1.67 bits per heavy atom. The van der Waals surface area contributed by atoms with Gasteiger partial charge < -0.3 is 14.8 Å². The molecule has 5 nitrogen and oxygen atoms in total. The monoisotopic (exact) mass is 169 g/mol. The van der Waals surface area contributed by atoms with E-state index >= 15 is 0 Å². The van der Waals surface area contributed by atoms with Crippen LogP contribution in [0.2, 0.25) is 0 Å². The summed E-state index contributed by atoms with van der Waals surface area (Å²) in [5.41, 5.74) is 0. The number of hydrogen-bond donors (Lipinski definition) is 2. The van der Waals surface area contributed by atoms with Crippen molar-refractivity contribution in [3.05, 3.63) is 5.89 Å². The molecule has 0 bridgehead atoms.